The van der Waals surface area contributed by atoms with Crippen LogP contribution in [0.5, 0.6) is 0 Å². The first-order valence-corrected chi connectivity index (χ1v) is 7.05. The molecule has 17 heavy (non-hydrogen) atoms. The zero-order valence-corrected chi connectivity index (χ0v) is 11.4. The molecular formula is C11H14N4S2. The summed E-state index contributed by atoms with van der Waals surface area (Å²) in [5.74, 6) is 1.06. The van der Waals surface area contributed by atoms with E-state index in [1.54, 1.807) is 17.7 Å². The van der Waals surface area contributed by atoms with Crippen LogP contribution in [0.1, 0.15) is 19.3 Å². The summed E-state index contributed by atoms with van der Waals surface area (Å²) in [5.41, 5.74) is 0.954. The molecule has 0 unspecified atom stereocenters. The van der Waals surface area contributed by atoms with Gasteiger partial charge in [0.05, 0.1) is 0 Å². The zero-order chi connectivity index (χ0) is 11.8. The van der Waals surface area contributed by atoms with Gasteiger partial charge in [0, 0.05) is 20.1 Å². The van der Waals surface area contributed by atoms with Crippen molar-refractivity contribution in [2.75, 3.05) is 18.0 Å². The maximum atomic E-state index is 5.31. The normalized spacial score (nSPS) is 16.6. The molecule has 0 radical (unpaired) electrons. The SMILES string of the molecule is Cn1c(=S)sc2c(N3CCCCC3)ncnc21. The van der Waals surface area contributed by atoms with Crippen LogP contribution in [0, 0.1) is 3.95 Å². The quantitative estimate of drug-likeness (QED) is 0.743. The van der Waals surface area contributed by atoms with Crippen LogP contribution in [-0.4, -0.2) is 27.6 Å². The molecule has 1 aliphatic heterocycles. The summed E-state index contributed by atoms with van der Waals surface area (Å²) in [6.45, 7) is 2.20. The number of fused-ring (bicyclic) bond motifs is 1. The molecule has 0 spiro atoms. The minimum absolute atomic E-state index is 0.860. The molecule has 0 aliphatic carbocycles. The van der Waals surface area contributed by atoms with Crippen LogP contribution in [0.4, 0.5) is 5.82 Å². The number of nitrogens with zero attached hydrogens (tertiary/aromatic N) is 4. The molecule has 0 aromatic carbocycles. The number of aromatic nitrogens is 3. The number of aryl methyl sites for hydroxylation is 1. The van der Waals surface area contributed by atoms with Crippen LogP contribution in [0.2, 0.25) is 0 Å². The molecule has 0 amide bonds. The van der Waals surface area contributed by atoms with E-state index < -0.39 is 0 Å². The topological polar surface area (TPSA) is 34.0 Å². The van der Waals surface area contributed by atoms with Gasteiger partial charge in [-0.1, -0.05) is 11.3 Å². The van der Waals surface area contributed by atoms with Crippen molar-refractivity contribution in [3.8, 4) is 0 Å². The fourth-order valence-electron chi connectivity index (χ4n) is 2.26. The van der Waals surface area contributed by atoms with E-state index in [9.17, 15) is 0 Å². The van der Waals surface area contributed by atoms with Crippen LogP contribution in [0.15, 0.2) is 6.33 Å². The van der Waals surface area contributed by atoms with Crippen molar-refractivity contribution in [1.29, 1.82) is 0 Å². The van der Waals surface area contributed by atoms with Gasteiger partial charge in [-0.3, -0.25) is 0 Å². The van der Waals surface area contributed by atoms with Crippen molar-refractivity contribution in [2.45, 2.75) is 19.3 Å². The van der Waals surface area contributed by atoms with E-state index in [-0.39, 0.29) is 0 Å². The number of rotatable bonds is 1. The Labute approximate surface area is 109 Å². The standard InChI is InChI=1S/C11H14N4S2/c1-14-9-8(17-11(14)16)10(13-7-12-9)15-5-3-2-4-6-15/h7H,2-6H2,1H3. The monoisotopic (exact) mass is 266 g/mol. The van der Waals surface area contributed by atoms with Crippen molar-refractivity contribution < 1.29 is 0 Å². The van der Waals surface area contributed by atoms with Crippen LogP contribution in [0.25, 0.3) is 10.3 Å². The first-order valence-electron chi connectivity index (χ1n) is 5.83. The second-order valence-corrected chi connectivity index (χ2v) is 5.97. The minimum Gasteiger partial charge on any atom is -0.355 e. The Bertz CT molecular complexity index is 595. The van der Waals surface area contributed by atoms with Crippen LogP contribution >= 0.6 is 23.6 Å². The Balaban J connectivity index is 2.15. The predicted octanol–water partition coefficient (Wildman–Crippen LogP) is 2.75. The van der Waals surface area contributed by atoms with Crippen molar-refractivity contribution in [1.82, 2.24) is 14.5 Å². The number of anilines is 1. The molecule has 3 rings (SSSR count). The third kappa shape index (κ3) is 1.85. The number of hydrogen-bond donors (Lipinski definition) is 0. The Kier molecular flexibility index (Phi) is 2.84. The van der Waals surface area contributed by atoms with Crippen LogP contribution in [-0.2, 0) is 7.05 Å². The van der Waals surface area contributed by atoms with Gasteiger partial charge in [-0.2, -0.15) is 0 Å². The fourth-order valence-corrected chi connectivity index (χ4v) is 3.55. The molecule has 2 aromatic heterocycles. The van der Waals surface area contributed by atoms with E-state index in [0.717, 1.165) is 33.2 Å². The zero-order valence-electron chi connectivity index (χ0n) is 9.72. The highest BCUT2D eigenvalue weighted by Gasteiger charge is 2.17. The highest BCUT2D eigenvalue weighted by Crippen LogP contribution is 2.30. The lowest BCUT2D eigenvalue weighted by atomic mass is 10.1. The van der Waals surface area contributed by atoms with Gasteiger partial charge in [0.15, 0.2) is 15.4 Å². The summed E-state index contributed by atoms with van der Waals surface area (Å²) < 4.78 is 3.95. The van der Waals surface area contributed by atoms with Gasteiger partial charge >= 0.3 is 0 Å². The Morgan fingerprint density at radius 3 is 2.76 bits per heavy atom. The molecule has 1 fully saturated rings. The van der Waals surface area contributed by atoms with Crippen molar-refractivity contribution in [2.24, 2.45) is 7.05 Å². The average molecular weight is 266 g/mol. The lowest BCUT2D eigenvalue weighted by Gasteiger charge is -2.27. The molecule has 2 aromatic rings. The molecule has 1 aliphatic rings. The molecule has 3 heterocycles. The Morgan fingerprint density at radius 1 is 1.24 bits per heavy atom. The van der Waals surface area contributed by atoms with Crippen molar-refractivity contribution in [3.63, 3.8) is 0 Å². The fraction of sp³-hybridized carbons (Fsp3) is 0.545. The number of hydrogen-bond acceptors (Lipinski definition) is 5. The van der Waals surface area contributed by atoms with E-state index >= 15 is 0 Å². The molecule has 0 atom stereocenters. The lowest BCUT2D eigenvalue weighted by Crippen LogP contribution is -2.30. The van der Waals surface area contributed by atoms with Gasteiger partial charge < -0.3 is 9.47 Å². The van der Waals surface area contributed by atoms with E-state index in [0.29, 0.717) is 0 Å². The van der Waals surface area contributed by atoms with Crippen LogP contribution < -0.4 is 4.90 Å². The molecule has 0 N–H and O–H groups in total. The molecular weight excluding hydrogens is 252 g/mol. The largest absolute Gasteiger partial charge is 0.355 e. The van der Waals surface area contributed by atoms with Crippen molar-refractivity contribution in [3.05, 3.63) is 10.3 Å². The minimum atomic E-state index is 0.860. The highest BCUT2D eigenvalue weighted by atomic mass is 32.1. The lowest BCUT2D eigenvalue weighted by molar-refractivity contribution is 0.574. The van der Waals surface area contributed by atoms with Crippen LogP contribution in [0.3, 0.4) is 0 Å². The molecule has 4 nitrogen and oxygen atoms in total. The van der Waals surface area contributed by atoms with Gasteiger partial charge in [-0.15, -0.1) is 0 Å². The van der Waals surface area contributed by atoms with E-state index in [1.807, 2.05) is 11.6 Å². The molecule has 6 heteroatoms. The maximum Gasteiger partial charge on any atom is 0.163 e. The predicted molar refractivity (Wildman–Crippen MR) is 73.3 cm³/mol. The third-order valence-corrected chi connectivity index (χ3v) is 4.74. The average Bonchev–Trinajstić information content (AvgIpc) is 2.67. The summed E-state index contributed by atoms with van der Waals surface area (Å²) >= 11 is 6.92. The smallest absolute Gasteiger partial charge is 0.163 e. The maximum absolute atomic E-state index is 5.31. The number of piperidine rings is 1. The summed E-state index contributed by atoms with van der Waals surface area (Å²) in [6.07, 6.45) is 5.48. The molecule has 0 bridgehead atoms. The van der Waals surface area contributed by atoms with Gasteiger partial charge in [-0.25, -0.2) is 9.97 Å². The van der Waals surface area contributed by atoms with Crippen molar-refractivity contribution >= 4 is 39.7 Å². The third-order valence-electron chi connectivity index (χ3n) is 3.20. The first kappa shape index (κ1) is 11.1. The second-order valence-electron chi connectivity index (χ2n) is 4.32. The van der Waals surface area contributed by atoms with E-state index in [2.05, 4.69) is 14.9 Å². The van der Waals surface area contributed by atoms with Gasteiger partial charge in [0.1, 0.15) is 11.0 Å². The summed E-state index contributed by atoms with van der Waals surface area (Å²) in [4.78, 5) is 11.1. The molecule has 1 saturated heterocycles. The number of thiazole rings is 1. The summed E-state index contributed by atoms with van der Waals surface area (Å²) in [5, 5.41) is 0. The Morgan fingerprint density at radius 2 is 2.00 bits per heavy atom. The van der Waals surface area contributed by atoms with Gasteiger partial charge in [0.2, 0.25) is 0 Å². The highest BCUT2D eigenvalue weighted by molar-refractivity contribution is 7.73. The van der Waals surface area contributed by atoms with E-state index in [4.69, 9.17) is 12.2 Å². The van der Waals surface area contributed by atoms with Gasteiger partial charge in [-0.05, 0) is 31.5 Å². The molecule has 0 saturated carbocycles. The molecule has 90 valence electrons. The van der Waals surface area contributed by atoms with E-state index in [1.165, 1.54) is 19.3 Å². The first-order chi connectivity index (χ1) is 8.27. The second kappa shape index (κ2) is 4.34. The Hall–Kier alpha value is -1.01. The summed E-state index contributed by atoms with van der Waals surface area (Å²) in [6, 6.07) is 0. The summed E-state index contributed by atoms with van der Waals surface area (Å²) in [7, 11) is 1.97. The van der Waals surface area contributed by atoms with Gasteiger partial charge in [0.25, 0.3) is 0 Å².